The number of hydrogen-bond acceptors (Lipinski definition) is 6. The second-order valence-corrected chi connectivity index (χ2v) is 6.30. The summed E-state index contributed by atoms with van der Waals surface area (Å²) in [6.45, 7) is 4.46. The van der Waals surface area contributed by atoms with Gasteiger partial charge in [0.1, 0.15) is 5.01 Å². The highest BCUT2D eigenvalue weighted by atomic mass is 32.1. The van der Waals surface area contributed by atoms with Crippen LogP contribution in [0.5, 0.6) is 0 Å². The molecule has 0 aliphatic carbocycles. The summed E-state index contributed by atoms with van der Waals surface area (Å²) in [6, 6.07) is 6.45. The summed E-state index contributed by atoms with van der Waals surface area (Å²) in [5, 5.41) is 16.7. The summed E-state index contributed by atoms with van der Waals surface area (Å²) in [7, 11) is 0. The first kappa shape index (κ1) is 18.3. The van der Waals surface area contributed by atoms with Crippen LogP contribution in [-0.4, -0.2) is 22.6 Å². The van der Waals surface area contributed by atoms with Crippen molar-refractivity contribution in [2.75, 3.05) is 10.6 Å². The quantitative estimate of drug-likeness (QED) is 0.800. The van der Waals surface area contributed by atoms with E-state index in [1.165, 1.54) is 43.4 Å². The molecule has 2 N–H and O–H groups in total. The average molecular weight is 356 g/mol. The molecule has 0 spiro atoms. The summed E-state index contributed by atoms with van der Waals surface area (Å²) in [5.74, 6) is -2.12. The van der Waals surface area contributed by atoms with Gasteiger partial charge in [-0.1, -0.05) is 0 Å². The monoisotopic (exact) mass is 356 g/mol. The molecule has 7 nitrogen and oxygen atoms in total. The Kier molecular flexibility index (Phi) is 5.62. The number of thiazole rings is 1. The Bertz CT molecular complexity index is 848. The Labute approximate surface area is 148 Å². The zero-order chi connectivity index (χ0) is 18.6. The SMILES string of the molecule is CC(=O)Nc1cc(NC(C)=O)cc(C(=O)C(C#N)c2nc(C)cs2)c1. The molecule has 0 saturated heterocycles. The maximum Gasteiger partial charge on any atom is 0.221 e. The fraction of sp³-hybridized carbons (Fsp3) is 0.235. The van der Waals surface area contributed by atoms with Gasteiger partial charge in [-0.05, 0) is 25.1 Å². The molecule has 0 radical (unpaired) electrons. The number of amides is 2. The Balaban J connectivity index is 2.44. The van der Waals surface area contributed by atoms with Crippen molar-refractivity contribution in [3.05, 3.63) is 39.8 Å². The predicted molar refractivity (Wildman–Crippen MR) is 94.6 cm³/mol. The van der Waals surface area contributed by atoms with E-state index in [0.717, 1.165) is 5.69 Å². The van der Waals surface area contributed by atoms with E-state index in [0.29, 0.717) is 16.4 Å². The Morgan fingerprint density at radius 1 is 1.12 bits per heavy atom. The molecule has 1 unspecified atom stereocenters. The Morgan fingerprint density at radius 3 is 2.08 bits per heavy atom. The fourth-order valence-corrected chi connectivity index (χ4v) is 3.05. The number of carbonyl (C=O) groups excluding carboxylic acids is 3. The Hall–Kier alpha value is -3.05. The number of rotatable bonds is 5. The van der Waals surface area contributed by atoms with Crippen molar-refractivity contribution in [3.8, 4) is 6.07 Å². The summed E-state index contributed by atoms with van der Waals surface area (Å²) in [4.78, 5) is 39.6. The number of aryl methyl sites for hydroxylation is 1. The van der Waals surface area contributed by atoms with Crippen molar-refractivity contribution >= 4 is 40.3 Å². The standard InChI is InChI=1S/C17H16N4O3S/c1-9-8-25-17(19-9)15(7-18)16(24)12-4-13(20-10(2)22)6-14(5-12)21-11(3)23/h4-6,8,15H,1-3H3,(H,20,22)(H,21,23). The van der Waals surface area contributed by atoms with Crippen molar-refractivity contribution in [3.63, 3.8) is 0 Å². The first-order valence-electron chi connectivity index (χ1n) is 7.36. The van der Waals surface area contributed by atoms with Gasteiger partial charge >= 0.3 is 0 Å². The van der Waals surface area contributed by atoms with Crippen molar-refractivity contribution in [2.24, 2.45) is 0 Å². The highest BCUT2D eigenvalue weighted by molar-refractivity contribution is 7.10. The van der Waals surface area contributed by atoms with Gasteiger partial charge in [-0.25, -0.2) is 4.98 Å². The first-order valence-corrected chi connectivity index (χ1v) is 8.24. The number of nitrogens with one attached hydrogen (secondary N) is 2. The predicted octanol–water partition coefficient (Wildman–Crippen LogP) is 2.86. The molecule has 2 aromatic rings. The zero-order valence-electron chi connectivity index (χ0n) is 13.9. The number of carbonyl (C=O) groups is 3. The van der Waals surface area contributed by atoms with E-state index in [-0.39, 0.29) is 17.4 Å². The van der Waals surface area contributed by atoms with E-state index in [1.54, 1.807) is 12.3 Å². The highest BCUT2D eigenvalue weighted by Crippen LogP contribution is 2.27. The van der Waals surface area contributed by atoms with Crippen LogP contribution in [0, 0.1) is 18.3 Å². The van der Waals surface area contributed by atoms with Crippen molar-refractivity contribution in [2.45, 2.75) is 26.7 Å². The van der Waals surface area contributed by atoms with Gasteiger partial charge in [0.15, 0.2) is 11.7 Å². The molecular formula is C17H16N4O3S. The topological polar surface area (TPSA) is 112 Å². The van der Waals surface area contributed by atoms with E-state index in [4.69, 9.17) is 0 Å². The van der Waals surface area contributed by atoms with Gasteiger partial charge in [0.05, 0.1) is 6.07 Å². The number of nitrogens with zero attached hydrogens (tertiary/aromatic N) is 2. The molecule has 1 aromatic heterocycles. The van der Waals surface area contributed by atoms with Crippen LogP contribution in [0.4, 0.5) is 11.4 Å². The molecule has 1 heterocycles. The normalized spacial score (nSPS) is 11.3. The number of anilines is 2. The van der Waals surface area contributed by atoms with E-state index in [2.05, 4.69) is 15.6 Å². The number of benzene rings is 1. The van der Waals surface area contributed by atoms with Crippen LogP contribution in [-0.2, 0) is 9.59 Å². The third kappa shape index (κ3) is 4.71. The number of hydrogen-bond donors (Lipinski definition) is 2. The Morgan fingerprint density at radius 2 is 1.68 bits per heavy atom. The van der Waals surface area contributed by atoms with Gasteiger partial charge in [-0.2, -0.15) is 5.26 Å². The lowest BCUT2D eigenvalue weighted by atomic mass is 9.98. The lowest BCUT2D eigenvalue weighted by Crippen LogP contribution is -2.14. The number of nitriles is 1. The summed E-state index contributed by atoms with van der Waals surface area (Å²) >= 11 is 1.24. The zero-order valence-corrected chi connectivity index (χ0v) is 14.7. The number of ketones is 1. The maximum absolute atomic E-state index is 12.8. The molecule has 1 atom stereocenters. The summed E-state index contributed by atoms with van der Waals surface area (Å²) in [5.41, 5.74) is 1.65. The minimum absolute atomic E-state index is 0.203. The molecule has 8 heteroatoms. The fourth-order valence-electron chi connectivity index (χ4n) is 2.22. The largest absolute Gasteiger partial charge is 0.326 e. The molecule has 0 aliphatic heterocycles. The van der Waals surface area contributed by atoms with E-state index >= 15 is 0 Å². The molecule has 2 amide bonds. The maximum atomic E-state index is 12.8. The molecule has 0 saturated carbocycles. The summed E-state index contributed by atoms with van der Waals surface area (Å²) < 4.78 is 0. The molecule has 0 fully saturated rings. The number of aromatic nitrogens is 1. The van der Waals surface area contributed by atoms with E-state index in [9.17, 15) is 19.6 Å². The lowest BCUT2D eigenvalue weighted by Gasteiger charge is -2.11. The molecule has 1 aromatic carbocycles. The van der Waals surface area contributed by atoms with Gasteiger partial charge < -0.3 is 10.6 Å². The lowest BCUT2D eigenvalue weighted by molar-refractivity contribution is -0.115. The van der Waals surface area contributed by atoms with Crippen LogP contribution in [0.15, 0.2) is 23.6 Å². The van der Waals surface area contributed by atoms with Crippen LogP contribution >= 0.6 is 11.3 Å². The molecule has 25 heavy (non-hydrogen) atoms. The second kappa shape index (κ2) is 7.68. The van der Waals surface area contributed by atoms with Crippen molar-refractivity contribution < 1.29 is 14.4 Å². The molecular weight excluding hydrogens is 340 g/mol. The molecule has 0 aliphatic rings. The van der Waals surface area contributed by atoms with Gasteiger partial charge in [0.25, 0.3) is 0 Å². The van der Waals surface area contributed by atoms with Crippen LogP contribution < -0.4 is 10.6 Å². The van der Waals surface area contributed by atoms with Crippen molar-refractivity contribution in [1.29, 1.82) is 5.26 Å². The van der Waals surface area contributed by atoms with Crippen LogP contribution in [0.3, 0.4) is 0 Å². The summed E-state index contributed by atoms with van der Waals surface area (Å²) in [6.07, 6.45) is 0. The molecule has 128 valence electrons. The molecule has 2 rings (SSSR count). The van der Waals surface area contributed by atoms with Crippen LogP contribution in [0.2, 0.25) is 0 Å². The van der Waals surface area contributed by atoms with Crippen LogP contribution in [0.25, 0.3) is 0 Å². The smallest absolute Gasteiger partial charge is 0.221 e. The van der Waals surface area contributed by atoms with Gasteiger partial charge in [0.2, 0.25) is 11.8 Å². The average Bonchev–Trinajstić information content (AvgIpc) is 2.92. The van der Waals surface area contributed by atoms with E-state index < -0.39 is 11.7 Å². The van der Waals surface area contributed by atoms with Crippen molar-refractivity contribution in [1.82, 2.24) is 4.98 Å². The molecule has 0 bridgehead atoms. The second-order valence-electron chi connectivity index (χ2n) is 5.41. The van der Waals surface area contributed by atoms with Gasteiger partial charge in [0, 0.05) is 41.9 Å². The third-order valence-corrected chi connectivity index (χ3v) is 4.16. The highest BCUT2D eigenvalue weighted by Gasteiger charge is 2.25. The minimum atomic E-state index is -1.04. The third-order valence-electron chi connectivity index (χ3n) is 3.13. The number of Topliss-reactive ketones (excluding diaryl/α,β-unsaturated/α-hetero) is 1. The first-order chi connectivity index (χ1) is 11.8. The van der Waals surface area contributed by atoms with Gasteiger partial charge in [-0.15, -0.1) is 11.3 Å². The van der Waals surface area contributed by atoms with E-state index in [1.807, 2.05) is 6.07 Å². The minimum Gasteiger partial charge on any atom is -0.326 e. The van der Waals surface area contributed by atoms with Crippen LogP contribution in [0.1, 0.15) is 40.8 Å². The van der Waals surface area contributed by atoms with Gasteiger partial charge in [-0.3, -0.25) is 14.4 Å².